The van der Waals surface area contributed by atoms with E-state index >= 15 is 0 Å². The third kappa shape index (κ3) is 2.89. The lowest BCUT2D eigenvalue weighted by molar-refractivity contribution is -0.137. The predicted octanol–water partition coefficient (Wildman–Crippen LogP) is 6.13. The number of aryl methyl sites for hydroxylation is 1. The van der Waals surface area contributed by atoms with Crippen LogP contribution in [0.15, 0.2) is 54.7 Å². The van der Waals surface area contributed by atoms with Crippen molar-refractivity contribution in [1.82, 2.24) is 9.55 Å². The number of hydrogen-bond acceptors (Lipinski definition) is 2. The van der Waals surface area contributed by atoms with Gasteiger partial charge in [-0.05, 0) is 49.7 Å². The Hall–Kier alpha value is -3.02. The summed E-state index contributed by atoms with van der Waals surface area (Å²) in [6, 6.07) is 13.0. The van der Waals surface area contributed by atoms with Gasteiger partial charge >= 0.3 is 6.18 Å². The first-order valence-corrected chi connectivity index (χ1v) is 8.91. The van der Waals surface area contributed by atoms with E-state index in [0.717, 1.165) is 50.9 Å². The maximum Gasteiger partial charge on any atom is 0.416 e. The normalized spacial score (nSPS) is 13.2. The molecule has 1 unspecified atom stereocenters. The molecule has 2 heterocycles. The highest BCUT2D eigenvalue weighted by molar-refractivity contribution is 6.09. The van der Waals surface area contributed by atoms with Crippen LogP contribution in [0.4, 0.5) is 13.2 Å². The lowest BCUT2D eigenvalue weighted by Gasteiger charge is -2.19. The van der Waals surface area contributed by atoms with E-state index < -0.39 is 11.7 Å². The van der Waals surface area contributed by atoms with Crippen molar-refractivity contribution < 1.29 is 17.9 Å². The molecular weight excluding hydrogens is 365 g/mol. The number of halogens is 3. The Balaban J connectivity index is 1.95. The summed E-state index contributed by atoms with van der Waals surface area (Å²) in [5.74, 6) is 0.724. The number of nitrogens with zero attached hydrogens (tertiary/aromatic N) is 2. The molecule has 0 saturated carbocycles. The van der Waals surface area contributed by atoms with E-state index in [0.29, 0.717) is 0 Å². The number of ether oxygens (including phenoxy) is 1. The fourth-order valence-electron chi connectivity index (χ4n) is 3.77. The molecule has 28 heavy (non-hydrogen) atoms. The van der Waals surface area contributed by atoms with Gasteiger partial charge in [-0.1, -0.05) is 12.1 Å². The average molecular weight is 384 g/mol. The molecule has 4 aromatic rings. The van der Waals surface area contributed by atoms with Gasteiger partial charge in [0, 0.05) is 23.0 Å². The van der Waals surface area contributed by atoms with Gasteiger partial charge in [0.1, 0.15) is 5.75 Å². The largest absolute Gasteiger partial charge is 0.497 e. The average Bonchev–Trinajstić information content (AvgIpc) is 3.01. The second-order valence-electron chi connectivity index (χ2n) is 6.84. The molecule has 6 heteroatoms. The van der Waals surface area contributed by atoms with Crippen molar-refractivity contribution >= 4 is 21.8 Å². The maximum absolute atomic E-state index is 12.9. The van der Waals surface area contributed by atoms with E-state index in [-0.39, 0.29) is 6.04 Å². The van der Waals surface area contributed by atoms with Crippen LogP contribution in [0.25, 0.3) is 21.8 Å². The zero-order valence-electron chi connectivity index (χ0n) is 15.7. The second-order valence-corrected chi connectivity index (χ2v) is 6.84. The number of methoxy groups -OCH3 is 1. The summed E-state index contributed by atoms with van der Waals surface area (Å²) in [6.07, 6.45) is -2.57. The molecule has 2 aromatic carbocycles. The highest BCUT2D eigenvalue weighted by Crippen LogP contribution is 2.37. The minimum absolute atomic E-state index is 0.183. The van der Waals surface area contributed by atoms with Gasteiger partial charge in [0.15, 0.2) is 0 Å². The van der Waals surface area contributed by atoms with Crippen molar-refractivity contribution in [2.75, 3.05) is 7.11 Å². The summed E-state index contributed by atoms with van der Waals surface area (Å²) < 4.78 is 46.3. The molecule has 3 nitrogen and oxygen atoms in total. The Morgan fingerprint density at radius 2 is 1.71 bits per heavy atom. The number of aromatic nitrogens is 2. The standard InChI is InChI=1S/C22H19F3N2O/c1-13-21-19(10-11-26-13)18-9-8-17(28-3)12-20(18)27(21)14(2)15-4-6-16(7-5-15)22(23,24)25/h4-12,14H,1-3H3. The van der Waals surface area contributed by atoms with E-state index in [2.05, 4.69) is 9.55 Å². The molecule has 0 bridgehead atoms. The van der Waals surface area contributed by atoms with Crippen molar-refractivity contribution in [2.45, 2.75) is 26.1 Å². The Kier molecular flexibility index (Phi) is 4.29. The van der Waals surface area contributed by atoms with Crippen LogP contribution in [0.2, 0.25) is 0 Å². The van der Waals surface area contributed by atoms with Crippen molar-refractivity contribution in [3.05, 3.63) is 71.5 Å². The van der Waals surface area contributed by atoms with Crippen LogP contribution in [0, 0.1) is 6.92 Å². The van der Waals surface area contributed by atoms with Crippen molar-refractivity contribution in [3.63, 3.8) is 0 Å². The molecule has 0 amide bonds. The lowest BCUT2D eigenvalue weighted by Crippen LogP contribution is -2.09. The van der Waals surface area contributed by atoms with Crippen LogP contribution in [-0.4, -0.2) is 16.7 Å². The first-order chi connectivity index (χ1) is 13.3. The van der Waals surface area contributed by atoms with Crippen LogP contribution in [0.1, 0.15) is 29.8 Å². The van der Waals surface area contributed by atoms with Crippen LogP contribution in [0.3, 0.4) is 0 Å². The number of pyridine rings is 1. The topological polar surface area (TPSA) is 27.1 Å². The molecule has 0 aliphatic rings. The molecule has 0 N–H and O–H groups in total. The number of benzene rings is 2. The Morgan fingerprint density at radius 3 is 2.36 bits per heavy atom. The van der Waals surface area contributed by atoms with E-state index in [1.54, 1.807) is 13.3 Å². The first-order valence-electron chi connectivity index (χ1n) is 8.91. The fourth-order valence-corrected chi connectivity index (χ4v) is 3.77. The van der Waals surface area contributed by atoms with Crippen molar-refractivity contribution in [1.29, 1.82) is 0 Å². The third-order valence-electron chi connectivity index (χ3n) is 5.21. The van der Waals surface area contributed by atoms with E-state index in [4.69, 9.17) is 4.74 Å². The predicted molar refractivity (Wildman–Crippen MR) is 104 cm³/mol. The minimum atomic E-state index is -4.34. The third-order valence-corrected chi connectivity index (χ3v) is 5.21. The molecule has 0 saturated heterocycles. The number of rotatable bonds is 3. The summed E-state index contributed by atoms with van der Waals surface area (Å²) in [7, 11) is 1.61. The SMILES string of the molecule is COc1ccc2c3ccnc(C)c3n(C(C)c3ccc(C(F)(F)F)cc3)c2c1. The highest BCUT2D eigenvalue weighted by Gasteiger charge is 2.30. The number of alkyl halides is 3. The molecular formula is C22H19F3N2O. The maximum atomic E-state index is 12.9. The van der Waals surface area contributed by atoms with Crippen molar-refractivity contribution in [3.8, 4) is 5.75 Å². The summed E-state index contributed by atoms with van der Waals surface area (Å²) in [6.45, 7) is 3.92. The molecule has 1 atom stereocenters. The summed E-state index contributed by atoms with van der Waals surface area (Å²) in [5.41, 5.74) is 2.94. The van der Waals surface area contributed by atoms with Gasteiger partial charge in [-0.3, -0.25) is 4.98 Å². The van der Waals surface area contributed by atoms with Crippen LogP contribution >= 0.6 is 0 Å². The highest BCUT2D eigenvalue weighted by atomic mass is 19.4. The van der Waals surface area contributed by atoms with E-state index in [1.165, 1.54) is 12.1 Å². The fraction of sp³-hybridized carbons (Fsp3) is 0.227. The van der Waals surface area contributed by atoms with Gasteiger partial charge in [-0.15, -0.1) is 0 Å². The Labute approximate surface area is 160 Å². The zero-order chi connectivity index (χ0) is 20.1. The van der Waals surface area contributed by atoms with Crippen molar-refractivity contribution in [2.24, 2.45) is 0 Å². The Morgan fingerprint density at radius 1 is 1.00 bits per heavy atom. The number of fused-ring (bicyclic) bond motifs is 3. The number of hydrogen-bond donors (Lipinski definition) is 0. The van der Waals surface area contributed by atoms with E-state index in [9.17, 15) is 13.2 Å². The molecule has 2 aromatic heterocycles. The monoisotopic (exact) mass is 384 g/mol. The summed E-state index contributed by atoms with van der Waals surface area (Å²) in [5, 5.41) is 2.11. The van der Waals surface area contributed by atoms with E-state index in [1.807, 2.05) is 38.1 Å². The van der Waals surface area contributed by atoms with Crippen LogP contribution in [0.5, 0.6) is 5.75 Å². The van der Waals surface area contributed by atoms with Gasteiger partial charge in [0.05, 0.1) is 35.4 Å². The quantitative estimate of drug-likeness (QED) is 0.425. The lowest BCUT2D eigenvalue weighted by atomic mass is 10.1. The first kappa shape index (κ1) is 18.3. The second kappa shape index (κ2) is 6.55. The smallest absolute Gasteiger partial charge is 0.416 e. The summed E-state index contributed by atoms with van der Waals surface area (Å²) >= 11 is 0. The molecule has 144 valence electrons. The minimum Gasteiger partial charge on any atom is -0.497 e. The summed E-state index contributed by atoms with van der Waals surface area (Å²) in [4.78, 5) is 4.43. The van der Waals surface area contributed by atoms with Gasteiger partial charge in [0.25, 0.3) is 0 Å². The zero-order valence-corrected chi connectivity index (χ0v) is 15.7. The molecule has 0 aliphatic heterocycles. The van der Waals surface area contributed by atoms with Gasteiger partial charge in [0.2, 0.25) is 0 Å². The van der Waals surface area contributed by atoms with Crippen LogP contribution in [-0.2, 0) is 6.18 Å². The van der Waals surface area contributed by atoms with Crippen LogP contribution < -0.4 is 4.74 Å². The molecule has 0 spiro atoms. The molecule has 0 radical (unpaired) electrons. The Bertz CT molecular complexity index is 1160. The molecule has 4 rings (SSSR count). The molecule has 0 fully saturated rings. The van der Waals surface area contributed by atoms with Gasteiger partial charge < -0.3 is 9.30 Å². The van der Waals surface area contributed by atoms with Gasteiger partial charge in [-0.25, -0.2) is 0 Å². The van der Waals surface area contributed by atoms with Gasteiger partial charge in [-0.2, -0.15) is 13.2 Å². The molecule has 0 aliphatic carbocycles.